The van der Waals surface area contributed by atoms with Crippen molar-refractivity contribution in [1.29, 1.82) is 0 Å². The monoisotopic (exact) mass is 273 g/mol. The Morgan fingerprint density at radius 1 is 1.20 bits per heavy atom. The molecule has 0 bridgehead atoms. The molecular formula is C17H20FNO. The third kappa shape index (κ3) is 3.36. The van der Waals surface area contributed by atoms with Gasteiger partial charge in [-0.2, -0.15) is 0 Å². The van der Waals surface area contributed by atoms with Gasteiger partial charge >= 0.3 is 0 Å². The van der Waals surface area contributed by atoms with E-state index < -0.39 is 0 Å². The van der Waals surface area contributed by atoms with Gasteiger partial charge in [-0.25, -0.2) is 4.39 Å². The van der Waals surface area contributed by atoms with Crippen LogP contribution in [0.4, 0.5) is 4.39 Å². The molecule has 0 saturated carbocycles. The number of rotatable bonds is 5. The first-order valence-corrected chi connectivity index (χ1v) is 6.70. The van der Waals surface area contributed by atoms with Gasteiger partial charge in [0.25, 0.3) is 0 Å². The van der Waals surface area contributed by atoms with Gasteiger partial charge in [-0.3, -0.25) is 0 Å². The summed E-state index contributed by atoms with van der Waals surface area (Å²) in [6, 6.07) is 13.1. The van der Waals surface area contributed by atoms with Gasteiger partial charge in [-0.15, -0.1) is 0 Å². The fourth-order valence-corrected chi connectivity index (χ4v) is 2.43. The van der Waals surface area contributed by atoms with Crippen molar-refractivity contribution in [3.63, 3.8) is 0 Å². The third-order valence-electron chi connectivity index (χ3n) is 3.53. The molecule has 3 heteroatoms. The molecule has 0 aliphatic carbocycles. The molecule has 1 N–H and O–H groups in total. The molecule has 20 heavy (non-hydrogen) atoms. The molecule has 1 unspecified atom stereocenters. The number of aryl methyl sites for hydroxylation is 1. The number of methoxy groups -OCH3 is 1. The van der Waals surface area contributed by atoms with E-state index in [1.165, 1.54) is 11.6 Å². The van der Waals surface area contributed by atoms with Crippen LogP contribution in [0.25, 0.3) is 0 Å². The average Bonchev–Trinajstić information content (AvgIpc) is 2.45. The molecule has 0 fully saturated rings. The van der Waals surface area contributed by atoms with Crippen molar-refractivity contribution in [3.05, 3.63) is 65.0 Å². The van der Waals surface area contributed by atoms with Gasteiger partial charge in [0, 0.05) is 6.04 Å². The first kappa shape index (κ1) is 14.5. The number of nitrogens with one attached hydrogen (secondary N) is 1. The number of benzene rings is 2. The quantitative estimate of drug-likeness (QED) is 0.898. The predicted octanol–water partition coefficient (Wildman–Crippen LogP) is 3.65. The highest BCUT2D eigenvalue weighted by atomic mass is 19.1. The molecule has 2 rings (SSSR count). The highest BCUT2D eigenvalue weighted by molar-refractivity contribution is 5.33. The van der Waals surface area contributed by atoms with Crippen LogP contribution < -0.4 is 10.1 Å². The molecule has 2 aromatic carbocycles. The summed E-state index contributed by atoms with van der Waals surface area (Å²) >= 11 is 0. The first-order valence-electron chi connectivity index (χ1n) is 6.70. The van der Waals surface area contributed by atoms with Crippen LogP contribution in [0.2, 0.25) is 0 Å². The van der Waals surface area contributed by atoms with Crippen LogP contribution in [0.1, 0.15) is 22.7 Å². The Bertz CT molecular complexity index is 583. The molecule has 0 aliphatic heterocycles. The van der Waals surface area contributed by atoms with E-state index in [1.807, 2.05) is 38.2 Å². The van der Waals surface area contributed by atoms with Crippen LogP contribution in [0.5, 0.6) is 5.75 Å². The maximum atomic E-state index is 13.2. The standard InChI is InChI=1S/C17H20FNO/c1-12-9-14(18)7-8-16(12)17(19-2)11-13-5-4-6-15(10-13)20-3/h4-10,17,19H,11H2,1-3H3. The fourth-order valence-electron chi connectivity index (χ4n) is 2.43. The second-order valence-corrected chi connectivity index (χ2v) is 4.90. The van der Waals surface area contributed by atoms with Crippen molar-refractivity contribution in [2.45, 2.75) is 19.4 Å². The van der Waals surface area contributed by atoms with Gasteiger partial charge < -0.3 is 10.1 Å². The number of ether oxygens (including phenoxy) is 1. The normalized spacial score (nSPS) is 12.2. The van der Waals surface area contributed by atoms with Crippen molar-refractivity contribution in [2.75, 3.05) is 14.2 Å². The Balaban J connectivity index is 2.23. The Morgan fingerprint density at radius 3 is 2.65 bits per heavy atom. The lowest BCUT2D eigenvalue weighted by Crippen LogP contribution is -2.20. The zero-order valence-electron chi connectivity index (χ0n) is 12.1. The largest absolute Gasteiger partial charge is 0.497 e. The number of halogens is 1. The molecule has 0 aliphatic rings. The highest BCUT2D eigenvalue weighted by Crippen LogP contribution is 2.24. The molecule has 0 heterocycles. The summed E-state index contributed by atoms with van der Waals surface area (Å²) in [5.74, 6) is 0.663. The number of likely N-dealkylation sites (N-methyl/N-ethyl adjacent to an activating group) is 1. The lowest BCUT2D eigenvalue weighted by atomic mass is 9.95. The summed E-state index contributed by atoms with van der Waals surface area (Å²) < 4.78 is 18.4. The molecular weight excluding hydrogens is 253 g/mol. The topological polar surface area (TPSA) is 21.3 Å². The maximum absolute atomic E-state index is 13.2. The molecule has 0 aromatic heterocycles. The van der Waals surface area contributed by atoms with E-state index in [9.17, 15) is 4.39 Å². The lowest BCUT2D eigenvalue weighted by Gasteiger charge is -2.19. The Morgan fingerprint density at radius 2 is 2.00 bits per heavy atom. The fraction of sp³-hybridized carbons (Fsp3) is 0.294. The maximum Gasteiger partial charge on any atom is 0.123 e. The summed E-state index contributed by atoms with van der Waals surface area (Å²) in [5.41, 5.74) is 3.27. The molecule has 2 nitrogen and oxygen atoms in total. The van der Waals surface area contributed by atoms with Crippen molar-refractivity contribution in [2.24, 2.45) is 0 Å². The summed E-state index contributed by atoms with van der Waals surface area (Å²) in [6.07, 6.45) is 0.834. The summed E-state index contributed by atoms with van der Waals surface area (Å²) in [6.45, 7) is 1.94. The first-order chi connectivity index (χ1) is 9.63. The Kier molecular flexibility index (Phi) is 4.74. The van der Waals surface area contributed by atoms with Crippen LogP contribution in [0, 0.1) is 12.7 Å². The van der Waals surface area contributed by atoms with E-state index in [-0.39, 0.29) is 11.9 Å². The SMILES string of the molecule is CNC(Cc1cccc(OC)c1)c1ccc(F)cc1C. The molecule has 0 saturated heterocycles. The van der Waals surface area contributed by atoms with Crippen molar-refractivity contribution in [3.8, 4) is 5.75 Å². The second-order valence-electron chi connectivity index (χ2n) is 4.90. The van der Waals surface area contributed by atoms with Crippen LogP contribution in [-0.2, 0) is 6.42 Å². The van der Waals surface area contributed by atoms with Gasteiger partial charge in [0.05, 0.1) is 7.11 Å². The van der Waals surface area contributed by atoms with Crippen molar-refractivity contribution >= 4 is 0 Å². The van der Waals surface area contributed by atoms with Crippen molar-refractivity contribution in [1.82, 2.24) is 5.32 Å². The second kappa shape index (κ2) is 6.53. The summed E-state index contributed by atoms with van der Waals surface area (Å²) in [5, 5.41) is 3.30. The Hall–Kier alpha value is -1.87. The molecule has 2 aromatic rings. The van der Waals surface area contributed by atoms with E-state index in [1.54, 1.807) is 13.2 Å². The van der Waals surface area contributed by atoms with Crippen LogP contribution in [-0.4, -0.2) is 14.2 Å². The number of hydrogen-bond acceptors (Lipinski definition) is 2. The van der Waals surface area contributed by atoms with Gasteiger partial charge in [0.2, 0.25) is 0 Å². The van der Waals surface area contributed by atoms with Gasteiger partial charge in [0.1, 0.15) is 11.6 Å². The van der Waals surface area contributed by atoms with Crippen LogP contribution >= 0.6 is 0 Å². The van der Waals surface area contributed by atoms with Gasteiger partial charge in [0.15, 0.2) is 0 Å². The predicted molar refractivity (Wildman–Crippen MR) is 79.6 cm³/mol. The number of hydrogen-bond donors (Lipinski definition) is 1. The minimum Gasteiger partial charge on any atom is -0.497 e. The zero-order chi connectivity index (χ0) is 14.5. The minimum absolute atomic E-state index is 0.155. The average molecular weight is 273 g/mol. The molecule has 106 valence electrons. The van der Waals surface area contributed by atoms with Crippen LogP contribution in [0.15, 0.2) is 42.5 Å². The molecule has 0 spiro atoms. The highest BCUT2D eigenvalue weighted by Gasteiger charge is 2.13. The molecule has 1 atom stereocenters. The van der Waals surface area contributed by atoms with E-state index in [0.717, 1.165) is 23.3 Å². The van der Waals surface area contributed by atoms with Crippen LogP contribution in [0.3, 0.4) is 0 Å². The minimum atomic E-state index is -0.192. The van der Waals surface area contributed by atoms with E-state index in [2.05, 4.69) is 11.4 Å². The summed E-state index contributed by atoms with van der Waals surface area (Å²) in [7, 11) is 3.59. The van der Waals surface area contributed by atoms with Gasteiger partial charge in [-0.05, 0) is 61.3 Å². The van der Waals surface area contributed by atoms with Gasteiger partial charge in [-0.1, -0.05) is 18.2 Å². The molecule has 0 radical (unpaired) electrons. The Labute approximate surface area is 119 Å². The van der Waals surface area contributed by atoms with E-state index >= 15 is 0 Å². The smallest absolute Gasteiger partial charge is 0.123 e. The third-order valence-corrected chi connectivity index (χ3v) is 3.53. The summed E-state index contributed by atoms with van der Waals surface area (Å²) in [4.78, 5) is 0. The van der Waals surface area contributed by atoms with E-state index in [0.29, 0.717) is 0 Å². The van der Waals surface area contributed by atoms with E-state index in [4.69, 9.17) is 4.74 Å². The van der Waals surface area contributed by atoms with Crippen molar-refractivity contribution < 1.29 is 9.13 Å². The lowest BCUT2D eigenvalue weighted by molar-refractivity contribution is 0.414. The molecule has 0 amide bonds. The zero-order valence-corrected chi connectivity index (χ0v) is 12.1.